The van der Waals surface area contributed by atoms with Gasteiger partial charge in [0.05, 0.1) is 6.61 Å². The average molecular weight is 166 g/mol. The fourth-order valence-corrected chi connectivity index (χ4v) is 1.10. The fraction of sp³-hybridized carbons (Fsp3) is 1.00. The first kappa shape index (κ1) is 8.86. The predicted octanol–water partition coefficient (Wildman–Crippen LogP) is -1.56. The summed E-state index contributed by atoms with van der Waals surface area (Å²) in [6, 6.07) is 0. The minimum absolute atomic E-state index is 0.408. The number of alkyl halides is 1. The molecule has 0 spiro atoms. The van der Waals surface area contributed by atoms with Gasteiger partial charge < -0.3 is 20.1 Å². The van der Waals surface area contributed by atoms with Gasteiger partial charge in [-0.2, -0.15) is 0 Å². The lowest BCUT2D eigenvalue weighted by molar-refractivity contribution is -0.0282. The molecule has 1 fully saturated rings. The number of halogens is 1. The highest BCUT2D eigenvalue weighted by atomic mass is 19.1. The Morgan fingerprint density at radius 1 is 1.18 bits per heavy atom. The summed E-state index contributed by atoms with van der Waals surface area (Å²) in [4.78, 5) is 0. The Hall–Kier alpha value is -0.230. The summed E-state index contributed by atoms with van der Waals surface area (Å²) in [5.74, 6) is 0. The number of aliphatic hydroxyl groups is 3. The quantitative estimate of drug-likeness (QED) is 0.464. The molecule has 1 aliphatic rings. The fourth-order valence-electron chi connectivity index (χ4n) is 1.10. The first-order chi connectivity index (χ1) is 5.20. The molecule has 1 heterocycles. The van der Waals surface area contributed by atoms with Crippen molar-refractivity contribution in [3.63, 3.8) is 0 Å². The first-order valence-corrected chi connectivity index (χ1v) is 3.39. The molecular formula is C6H11FO4. The third-order valence-electron chi connectivity index (χ3n) is 1.79. The Morgan fingerprint density at radius 2 is 1.73 bits per heavy atom. The zero-order valence-corrected chi connectivity index (χ0v) is 5.85. The van der Waals surface area contributed by atoms with Crippen LogP contribution in [0.15, 0.2) is 0 Å². The van der Waals surface area contributed by atoms with Gasteiger partial charge in [0.25, 0.3) is 0 Å². The van der Waals surface area contributed by atoms with Crippen molar-refractivity contribution in [1.29, 1.82) is 0 Å². The van der Waals surface area contributed by atoms with E-state index in [0.717, 1.165) is 0 Å². The van der Waals surface area contributed by atoms with Crippen LogP contribution in [0.25, 0.3) is 0 Å². The van der Waals surface area contributed by atoms with E-state index in [1.807, 2.05) is 0 Å². The maximum Gasteiger partial charge on any atom is 0.118 e. The number of aliphatic hydroxyl groups excluding tert-OH is 3. The lowest BCUT2D eigenvalue weighted by Crippen LogP contribution is -2.34. The number of ether oxygens (including phenoxy) is 1. The molecule has 0 bridgehead atoms. The van der Waals surface area contributed by atoms with E-state index < -0.39 is 37.7 Å². The molecule has 0 amide bonds. The Labute approximate surface area is 63.2 Å². The normalized spacial score (nSPS) is 44.7. The van der Waals surface area contributed by atoms with Crippen molar-refractivity contribution >= 4 is 0 Å². The zero-order valence-electron chi connectivity index (χ0n) is 5.85. The van der Waals surface area contributed by atoms with Crippen LogP contribution in [0, 0.1) is 0 Å². The van der Waals surface area contributed by atoms with Gasteiger partial charge in [-0.15, -0.1) is 0 Å². The number of hydrogen-bond donors (Lipinski definition) is 3. The van der Waals surface area contributed by atoms with E-state index in [1.54, 1.807) is 0 Å². The molecule has 0 aromatic rings. The molecule has 0 aliphatic carbocycles. The highest BCUT2D eigenvalue weighted by Gasteiger charge is 2.41. The predicted molar refractivity (Wildman–Crippen MR) is 33.7 cm³/mol. The summed E-state index contributed by atoms with van der Waals surface area (Å²) in [6.07, 6.45) is -4.26. The van der Waals surface area contributed by atoms with Gasteiger partial charge in [-0.1, -0.05) is 0 Å². The van der Waals surface area contributed by atoms with Crippen molar-refractivity contribution in [3.05, 3.63) is 0 Å². The van der Waals surface area contributed by atoms with E-state index >= 15 is 0 Å². The summed E-state index contributed by atoms with van der Waals surface area (Å²) < 4.78 is 16.7. The van der Waals surface area contributed by atoms with Gasteiger partial charge in [-0.25, -0.2) is 4.39 Å². The minimum Gasteiger partial charge on any atom is -0.394 e. The largest absolute Gasteiger partial charge is 0.394 e. The Kier molecular flexibility index (Phi) is 2.78. The maximum atomic E-state index is 12.0. The third-order valence-corrected chi connectivity index (χ3v) is 1.79. The monoisotopic (exact) mass is 166 g/mol. The molecule has 4 nitrogen and oxygen atoms in total. The molecule has 0 saturated carbocycles. The molecule has 1 saturated heterocycles. The van der Waals surface area contributed by atoms with E-state index in [-0.39, 0.29) is 0 Å². The van der Waals surface area contributed by atoms with Gasteiger partial charge >= 0.3 is 0 Å². The van der Waals surface area contributed by atoms with Gasteiger partial charge in [-0.3, -0.25) is 0 Å². The Balaban J connectivity index is 2.53. The number of hydrogen-bond acceptors (Lipinski definition) is 4. The highest BCUT2D eigenvalue weighted by molar-refractivity contribution is 4.89. The average Bonchev–Trinajstić information content (AvgIpc) is 2.30. The lowest BCUT2D eigenvalue weighted by Gasteiger charge is -2.10. The van der Waals surface area contributed by atoms with Crippen LogP contribution >= 0.6 is 0 Å². The van der Waals surface area contributed by atoms with Crippen LogP contribution in [-0.2, 0) is 4.74 Å². The molecule has 0 unspecified atom stereocenters. The van der Waals surface area contributed by atoms with Crippen molar-refractivity contribution in [1.82, 2.24) is 0 Å². The molecule has 0 radical (unpaired) electrons. The molecule has 0 aromatic carbocycles. The van der Waals surface area contributed by atoms with E-state index in [2.05, 4.69) is 0 Å². The second-order valence-corrected chi connectivity index (χ2v) is 2.53. The van der Waals surface area contributed by atoms with E-state index in [1.165, 1.54) is 0 Å². The minimum atomic E-state index is -1.22. The smallest absolute Gasteiger partial charge is 0.118 e. The second-order valence-electron chi connectivity index (χ2n) is 2.53. The molecule has 5 heteroatoms. The summed E-state index contributed by atoms with van der Waals surface area (Å²) in [5.41, 5.74) is 0. The van der Waals surface area contributed by atoms with Crippen molar-refractivity contribution in [2.75, 3.05) is 13.3 Å². The third kappa shape index (κ3) is 1.51. The molecule has 3 N–H and O–H groups in total. The van der Waals surface area contributed by atoms with Crippen molar-refractivity contribution < 1.29 is 24.4 Å². The Bertz CT molecular complexity index is 114. The van der Waals surface area contributed by atoms with Crippen LogP contribution in [0.3, 0.4) is 0 Å². The van der Waals surface area contributed by atoms with Gasteiger partial charge in [0, 0.05) is 0 Å². The van der Waals surface area contributed by atoms with Crippen LogP contribution < -0.4 is 0 Å². The van der Waals surface area contributed by atoms with E-state index in [9.17, 15) is 4.39 Å². The molecule has 1 aliphatic heterocycles. The summed E-state index contributed by atoms with van der Waals surface area (Å²) in [7, 11) is 0. The van der Waals surface area contributed by atoms with E-state index in [0.29, 0.717) is 0 Å². The SMILES string of the molecule is OC[C@H]1O[C@H](CF)[C@@H](O)[C@@H]1O. The lowest BCUT2D eigenvalue weighted by atomic mass is 10.1. The molecule has 1 rings (SSSR count). The topological polar surface area (TPSA) is 69.9 Å². The maximum absolute atomic E-state index is 12.0. The van der Waals surface area contributed by atoms with Crippen LogP contribution in [0.5, 0.6) is 0 Å². The van der Waals surface area contributed by atoms with Crippen molar-refractivity contribution in [2.45, 2.75) is 24.4 Å². The standard InChI is InChI=1S/C6H11FO4/c7-1-3-5(9)6(10)4(2-8)11-3/h3-6,8-10H,1-2H2/t3-,4-,5-,6-/m1/s1. The molecule has 66 valence electrons. The summed E-state index contributed by atoms with van der Waals surface area (Å²) >= 11 is 0. The van der Waals surface area contributed by atoms with Crippen LogP contribution in [-0.4, -0.2) is 53.0 Å². The van der Waals surface area contributed by atoms with E-state index in [4.69, 9.17) is 20.1 Å². The molecule has 4 atom stereocenters. The Morgan fingerprint density at radius 3 is 2.00 bits per heavy atom. The van der Waals surface area contributed by atoms with Gasteiger partial charge in [0.1, 0.15) is 31.1 Å². The van der Waals surface area contributed by atoms with Crippen LogP contribution in [0.2, 0.25) is 0 Å². The molecule has 0 aromatic heterocycles. The molecular weight excluding hydrogens is 155 g/mol. The first-order valence-electron chi connectivity index (χ1n) is 3.39. The van der Waals surface area contributed by atoms with Crippen LogP contribution in [0.1, 0.15) is 0 Å². The van der Waals surface area contributed by atoms with Crippen molar-refractivity contribution in [2.24, 2.45) is 0 Å². The second kappa shape index (κ2) is 3.44. The molecule has 11 heavy (non-hydrogen) atoms. The number of rotatable bonds is 2. The van der Waals surface area contributed by atoms with Gasteiger partial charge in [0.2, 0.25) is 0 Å². The summed E-state index contributed by atoms with van der Waals surface area (Å²) in [5, 5.41) is 26.6. The zero-order chi connectivity index (χ0) is 8.43. The highest BCUT2D eigenvalue weighted by Crippen LogP contribution is 2.20. The van der Waals surface area contributed by atoms with Crippen molar-refractivity contribution in [3.8, 4) is 0 Å². The van der Waals surface area contributed by atoms with Gasteiger partial charge in [-0.05, 0) is 0 Å². The van der Waals surface area contributed by atoms with Gasteiger partial charge in [0.15, 0.2) is 0 Å². The summed E-state index contributed by atoms with van der Waals surface area (Å²) in [6.45, 7) is -1.26. The van der Waals surface area contributed by atoms with Crippen LogP contribution in [0.4, 0.5) is 4.39 Å².